The van der Waals surface area contributed by atoms with Crippen LogP contribution in [-0.2, 0) is 13.0 Å². The third-order valence-corrected chi connectivity index (χ3v) is 5.14. The first-order valence-corrected chi connectivity index (χ1v) is 9.56. The van der Waals surface area contributed by atoms with Gasteiger partial charge in [-0.05, 0) is 47.9 Å². The molecule has 0 unspecified atom stereocenters. The molecular formula is C24H22N2O3. The van der Waals surface area contributed by atoms with E-state index < -0.39 is 0 Å². The number of nitrogens with one attached hydrogen (secondary N) is 1. The van der Waals surface area contributed by atoms with Gasteiger partial charge in [0.15, 0.2) is 0 Å². The predicted octanol–water partition coefficient (Wildman–Crippen LogP) is 4.15. The van der Waals surface area contributed by atoms with Gasteiger partial charge in [-0.15, -0.1) is 0 Å². The highest BCUT2D eigenvalue weighted by molar-refractivity contribution is 6.06. The molecule has 5 heteroatoms. The number of amides is 2. The van der Waals surface area contributed by atoms with Crippen molar-refractivity contribution in [3.8, 4) is 5.75 Å². The second-order valence-electron chi connectivity index (χ2n) is 6.98. The first kappa shape index (κ1) is 18.7. The number of methoxy groups -OCH3 is 1. The Morgan fingerprint density at radius 1 is 0.897 bits per heavy atom. The summed E-state index contributed by atoms with van der Waals surface area (Å²) in [5.74, 6) is 0.236. The maximum absolute atomic E-state index is 13.0. The molecule has 0 saturated carbocycles. The molecule has 1 heterocycles. The van der Waals surface area contributed by atoms with Crippen LogP contribution < -0.4 is 10.1 Å². The van der Waals surface area contributed by atoms with Crippen LogP contribution in [0, 0.1) is 0 Å². The minimum absolute atomic E-state index is 0.0635. The van der Waals surface area contributed by atoms with Gasteiger partial charge < -0.3 is 15.0 Å². The van der Waals surface area contributed by atoms with Crippen molar-refractivity contribution in [3.05, 3.63) is 95.1 Å². The van der Waals surface area contributed by atoms with Gasteiger partial charge in [0.25, 0.3) is 11.8 Å². The first-order chi connectivity index (χ1) is 14.2. The Labute approximate surface area is 169 Å². The van der Waals surface area contributed by atoms with Crippen molar-refractivity contribution in [1.29, 1.82) is 0 Å². The molecule has 2 amide bonds. The Morgan fingerprint density at radius 2 is 1.62 bits per heavy atom. The van der Waals surface area contributed by atoms with E-state index in [1.165, 1.54) is 11.1 Å². The van der Waals surface area contributed by atoms with Gasteiger partial charge in [-0.3, -0.25) is 9.59 Å². The van der Waals surface area contributed by atoms with Crippen LogP contribution in [0.3, 0.4) is 0 Å². The van der Waals surface area contributed by atoms with Crippen LogP contribution in [-0.4, -0.2) is 30.4 Å². The number of carbonyl (C=O) groups excluding carboxylic acids is 2. The molecule has 1 aliphatic rings. The minimum Gasteiger partial charge on any atom is -0.495 e. The molecule has 29 heavy (non-hydrogen) atoms. The number of fused-ring (bicyclic) bond motifs is 1. The summed E-state index contributed by atoms with van der Waals surface area (Å²) < 4.78 is 5.28. The second kappa shape index (κ2) is 8.19. The van der Waals surface area contributed by atoms with E-state index in [1.54, 1.807) is 43.5 Å². The van der Waals surface area contributed by atoms with E-state index >= 15 is 0 Å². The maximum atomic E-state index is 13.0. The monoisotopic (exact) mass is 386 g/mol. The largest absolute Gasteiger partial charge is 0.495 e. The molecule has 0 saturated heterocycles. The molecule has 5 nitrogen and oxygen atoms in total. The average Bonchev–Trinajstić information content (AvgIpc) is 2.78. The van der Waals surface area contributed by atoms with E-state index in [0.29, 0.717) is 35.7 Å². The highest BCUT2D eigenvalue weighted by Crippen LogP contribution is 2.24. The molecule has 0 fully saturated rings. The number of nitrogens with zero attached hydrogens (tertiary/aromatic N) is 1. The number of benzene rings is 3. The number of hydrogen-bond acceptors (Lipinski definition) is 3. The SMILES string of the molecule is COc1ccccc1NC(=O)c1cccc(C(=O)N2CCc3ccccc3C2)c1. The lowest BCUT2D eigenvalue weighted by atomic mass is 9.99. The van der Waals surface area contributed by atoms with E-state index in [4.69, 9.17) is 4.74 Å². The van der Waals surface area contributed by atoms with E-state index in [2.05, 4.69) is 17.4 Å². The Bertz CT molecular complexity index is 1060. The van der Waals surface area contributed by atoms with Gasteiger partial charge in [0.05, 0.1) is 12.8 Å². The van der Waals surface area contributed by atoms with Gasteiger partial charge in [0, 0.05) is 24.2 Å². The molecule has 0 bridgehead atoms. The van der Waals surface area contributed by atoms with Crippen LogP contribution in [0.2, 0.25) is 0 Å². The molecular weight excluding hydrogens is 364 g/mol. The molecule has 0 radical (unpaired) electrons. The summed E-state index contributed by atoms with van der Waals surface area (Å²) in [4.78, 5) is 27.6. The second-order valence-corrected chi connectivity index (χ2v) is 6.98. The lowest BCUT2D eigenvalue weighted by Gasteiger charge is -2.29. The molecule has 0 spiro atoms. The van der Waals surface area contributed by atoms with Crippen LogP contribution in [0.1, 0.15) is 31.8 Å². The van der Waals surface area contributed by atoms with Crippen molar-refractivity contribution in [3.63, 3.8) is 0 Å². The summed E-state index contributed by atoms with van der Waals surface area (Å²) >= 11 is 0. The highest BCUT2D eigenvalue weighted by Gasteiger charge is 2.22. The van der Waals surface area contributed by atoms with Gasteiger partial charge in [-0.25, -0.2) is 0 Å². The van der Waals surface area contributed by atoms with E-state index in [0.717, 1.165) is 6.42 Å². The van der Waals surface area contributed by atoms with Gasteiger partial charge >= 0.3 is 0 Å². The molecule has 0 aromatic heterocycles. The van der Waals surface area contributed by atoms with E-state index in [1.807, 2.05) is 29.2 Å². The van der Waals surface area contributed by atoms with Gasteiger partial charge in [-0.1, -0.05) is 42.5 Å². The summed E-state index contributed by atoms with van der Waals surface area (Å²) in [6.45, 7) is 1.26. The standard InChI is InChI=1S/C24H22N2O3/c1-29-22-12-5-4-11-21(22)25-23(27)18-9-6-10-19(15-18)24(28)26-14-13-17-7-2-3-8-20(17)16-26/h2-12,15H,13-14,16H2,1H3,(H,25,27). The number of hydrogen-bond donors (Lipinski definition) is 1. The molecule has 1 N–H and O–H groups in total. The van der Waals surface area contributed by atoms with Crippen LogP contribution in [0.25, 0.3) is 0 Å². The van der Waals surface area contributed by atoms with Crippen LogP contribution in [0.15, 0.2) is 72.8 Å². The van der Waals surface area contributed by atoms with Gasteiger partial charge in [-0.2, -0.15) is 0 Å². The summed E-state index contributed by atoms with van der Waals surface area (Å²) in [6.07, 6.45) is 0.843. The normalized spacial score (nSPS) is 12.8. The summed E-state index contributed by atoms with van der Waals surface area (Å²) in [7, 11) is 1.56. The Balaban J connectivity index is 1.51. The fourth-order valence-electron chi connectivity index (χ4n) is 3.59. The number of carbonyl (C=O) groups is 2. The number of rotatable bonds is 4. The lowest BCUT2D eigenvalue weighted by molar-refractivity contribution is 0.0734. The van der Waals surface area contributed by atoms with E-state index in [-0.39, 0.29) is 11.8 Å². The van der Waals surface area contributed by atoms with Crippen molar-refractivity contribution in [2.24, 2.45) is 0 Å². The predicted molar refractivity (Wildman–Crippen MR) is 112 cm³/mol. The lowest BCUT2D eigenvalue weighted by Crippen LogP contribution is -2.36. The minimum atomic E-state index is -0.284. The zero-order chi connectivity index (χ0) is 20.2. The van der Waals surface area contributed by atoms with Crippen molar-refractivity contribution < 1.29 is 14.3 Å². The van der Waals surface area contributed by atoms with Gasteiger partial charge in [0.1, 0.15) is 5.75 Å². The fourth-order valence-corrected chi connectivity index (χ4v) is 3.59. The number of anilines is 1. The van der Waals surface area contributed by atoms with E-state index in [9.17, 15) is 9.59 Å². The summed E-state index contributed by atoms with van der Waals surface area (Å²) in [5, 5.41) is 2.85. The topological polar surface area (TPSA) is 58.6 Å². The fraction of sp³-hybridized carbons (Fsp3) is 0.167. The first-order valence-electron chi connectivity index (χ1n) is 9.56. The van der Waals surface area contributed by atoms with Crippen LogP contribution >= 0.6 is 0 Å². The third kappa shape index (κ3) is 3.99. The third-order valence-electron chi connectivity index (χ3n) is 5.14. The molecule has 3 aromatic carbocycles. The van der Waals surface area contributed by atoms with Crippen LogP contribution in [0.4, 0.5) is 5.69 Å². The molecule has 0 atom stereocenters. The maximum Gasteiger partial charge on any atom is 0.255 e. The summed E-state index contributed by atoms with van der Waals surface area (Å²) in [6, 6.07) is 22.3. The Kier molecular flexibility index (Phi) is 5.29. The number of ether oxygens (including phenoxy) is 1. The van der Waals surface area contributed by atoms with Crippen molar-refractivity contribution in [1.82, 2.24) is 4.90 Å². The Hall–Kier alpha value is -3.60. The molecule has 0 aliphatic carbocycles. The molecule has 4 rings (SSSR count). The zero-order valence-corrected chi connectivity index (χ0v) is 16.2. The molecule has 1 aliphatic heterocycles. The molecule has 146 valence electrons. The smallest absolute Gasteiger partial charge is 0.255 e. The average molecular weight is 386 g/mol. The summed E-state index contributed by atoms with van der Waals surface area (Å²) in [5.41, 5.74) is 4.00. The van der Waals surface area contributed by atoms with Crippen LogP contribution in [0.5, 0.6) is 5.75 Å². The zero-order valence-electron chi connectivity index (χ0n) is 16.2. The highest BCUT2D eigenvalue weighted by atomic mass is 16.5. The number of para-hydroxylation sites is 2. The van der Waals surface area contributed by atoms with Crippen molar-refractivity contribution in [2.75, 3.05) is 19.0 Å². The van der Waals surface area contributed by atoms with Crippen molar-refractivity contribution >= 4 is 17.5 Å². The quantitative estimate of drug-likeness (QED) is 0.733. The Morgan fingerprint density at radius 3 is 2.45 bits per heavy atom. The molecule has 3 aromatic rings. The van der Waals surface area contributed by atoms with Gasteiger partial charge in [0.2, 0.25) is 0 Å². The van der Waals surface area contributed by atoms with Crippen molar-refractivity contribution in [2.45, 2.75) is 13.0 Å².